The van der Waals surface area contributed by atoms with Gasteiger partial charge in [0.25, 0.3) is 0 Å². The van der Waals surface area contributed by atoms with E-state index in [1.807, 2.05) is 26.6 Å². The number of rotatable bonds is 6. The quantitative estimate of drug-likeness (QED) is 0.858. The molecule has 3 atom stereocenters. The van der Waals surface area contributed by atoms with Crippen molar-refractivity contribution >= 4 is 0 Å². The Hall–Kier alpha value is -0.870. The highest BCUT2D eigenvalue weighted by Crippen LogP contribution is 2.52. The number of imidazole rings is 1. The first-order chi connectivity index (χ1) is 9.10. The zero-order valence-electron chi connectivity index (χ0n) is 12.8. The first-order valence-corrected chi connectivity index (χ1v) is 7.33. The van der Waals surface area contributed by atoms with Gasteiger partial charge in [0.15, 0.2) is 0 Å². The number of hydrogen-bond donors (Lipinski definition) is 1. The number of nitrogens with one attached hydrogen (secondary N) is 1. The second-order valence-corrected chi connectivity index (χ2v) is 5.77. The van der Waals surface area contributed by atoms with Gasteiger partial charge in [0, 0.05) is 38.0 Å². The number of nitrogens with zero attached hydrogens (tertiary/aromatic N) is 2. The number of methoxy groups -OCH3 is 1. The average Bonchev–Trinajstić information content (AvgIpc) is 2.81. The van der Waals surface area contributed by atoms with E-state index in [0.717, 1.165) is 25.2 Å². The topological polar surface area (TPSA) is 39.1 Å². The van der Waals surface area contributed by atoms with Gasteiger partial charge < -0.3 is 14.6 Å². The largest absolute Gasteiger partial charge is 0.380 e. The fourth-order valence-electron chi connectivity index (χ4n) is 3.98. The van der Waals surface area contributed by atoms with Crippen LogP contribution in [0.2, 0.25) is 0 Å². The van der Waals surface area contributed by atoms with Crippen LogP contribution in [0.25, 0.3) is 0 Å². The summed E-state index contributed by atoms with van der Waals surface area (Å²) < 4.78 is 7.80. The second kappa shape index (κ2) is 5.63. The minimum absolute atomic E-state index is 0.277. The van der Waals surface area contributed by atoms with Gasteiger partial charge in [-0.2, -0.15) is 0 Å². The third kappa shape index (κ3) is 2.21. The van der Waals surface area contributed by atoms with Crippen LogP contribution < -0.4 is 5.32 Å². The Kier molecular flexibility index (Phi) is 4.31. The van der Waals surface area contributed by atoms with Crippen molar-refractivity contribution in [1.82, 2.24) is 14.9 Å². The molecule has 1 aromatic heterocycles. The van der Waals surface area contributed by atoms with Crippen LogP contribution >= 0.6 is 0 Å². The Labute approximate surface area is 116 Å². The van der Waals surface area contributed by atoms with E-state index in [0.29, 0.717) is 18.1 Å². The van der Waals surface area contributed by atoms with Gasteiger partial charge in [-0.25, -0.2) is 4.98 Å². The summed E-state index contributed by atoms with van der Waals surface area (Å²) >= 11 is 0. The van der Waals surface area contributed by atoms with E-state index in [9.17, 15) is 0 Å². The Morgan fingerprint density at radius 1 is 1.42 bits per heavy atom. The SMILES string of the molecule is CCC1(CC)[C@H](NCc2nccn2C)[C@@H](C)[C@H]1OC. The standard InChI is InChI=1S/C15H27N3O/c1-6-15(7-2)13(11(3)14(15)19-5)17-10-12-16-8-9-18(12)4/h8-9,11,13-14,17H,6-7,10H2,1-5H3/t11-,13-,14-/m1/s1. The van der Waals surface area contributed by atoms with Crippen molar-refractivity contribution in [3.8, 4) is 0 Å². The molecular weight excluding hydrogens is 238 g/mol. The molecule has 2 rings (SSSR count). The predicted molar refractivity (Wildman–Crippen MR) is 76.8 cm³/mol. The van der Waals surface area contributed by atoms with Crippen molar-refractivity contribution in [3.63, 3.8) is 0 Å². The molecule has 108 valence electrons. The van der Waals surface area contributed by atoms with E-state index in [2.05, 4.69) is 35.6 Å². The lowest BCUT2D eigenvalue weighted by atomic mass is 9.53. The summed E-state index contributed by atoms with van der Waals surface area (Å²) in [5, 5.41) is 3.71. The minimum Gasteiger partial charge on any atom is -0.380 e. The Balaban J connectivity index is 2.05. The van der Waals surface area contributed by atoms with Gasteiger partial charge in [0.1, 0.15) is 5.82 Å². The van der Waals surface area contributed by atoms with Crippen LogP contribution in [0.15, 0.2) is 12.4 Å². The Bertz CT molecular complexity index is 411. The van der Waals surface area contributed by atoms with Crippen LogP contribution in [-0.4, -0.2) is 28.8 Å². The molecule has 0 saturated heterocycles. The van der Waals surface area contributed by atoms with Crippen LogP contribution in [0.5, 0.6) is 0 Å². The van der Waals surface area contributed by atoms with Crippen molar-refractivity contribution in [2.45, 2.75) is 52.3 Å². The molecule has 19 heavy (non-hydrogen) atoms. The van der Waals surface area contributed by atoms with Crippen molar-refractivity contribution in [2.75, 3.05) is 7.11 Å². The smallest absolute Gasteiger partial charge is 0.122 e. The first kappa shape index (κ1) is 14.5. The lowest BCUT2D eigenvalue weighted by Crippen LogP contribution is -2.69. The third-order valence-electron chi connectivity index (χ3n) is 5.16. The van der Waals surface area contributed by atoms with Gasteiger partial charge >= 0.3 is 0 Å². The molecule has 1 heterocycles. The summed E-state index contributed by atoms with van der Waals surface area (Å²) in [7, 11) is 3.88. The van der Waals surface area contributed by atoms with Crippen LogP contribution in [0.4, 0.5) is 0 Å². The van der Waals surface area contributed by atoms with Gasteiger partial charge in [-0.1, -0.05) is 20.8 Å². The fraction of sp³-hybridized carbons (Fsp3) is 0.800. The Morgan fingerprint density at radius 3 is 2.58 bits per heavy atom. The molecule has 1 aliphatic carbocycles. The van der Waals surface area contributed by atoms with E-state index in [1.165, 1.54) is 0 Å². The zero-order valence-corrected chi connectivity index (χ0v) is 12.8. The van der Waals surface area contributed by atoms with E-state index in [4.69, 9.17) is 4.74 Å². The molecule has 1 aromatic rings. The molecule has 1 aliphatic rings. The lowest BCUT2D eigenvalue weighted by molar-refractivity contribution is -0.168. The van der Waals surface area contributed by atoms with Crippen LogP contribution in [0.1, 0.15) is 39.4 Å². The summed E-state index contributed by atoms with van der Waals surface area (Å²) in [6.07, 6.45) is 6.54. The van der Waals surface area contributed by atoms with E-state index < -0.39 is 0 Å². The molecule has 0 aliphatic heterocycles. The van der Waals surface area contributed by atoms with Crippen molar-refractivity contribution in [1.29, 1.82) is 0 Å². The monoisotopic (exact) mass is 265 g/mol. The number of aryl methyl sites for hydroxylation is 1. The average molecular weight is 265 g/mol. The summed E-state index contributed by atoms with van der Waals surface area (Å²) in [5.74, 6) is 1.65. The molecule has 0 radical (unpaired) electrons. The summed E-state index contributed by atoms with van der Waals surface area (Å²) in [4.78, 5) is 4.38. The maximum Gasteiger partial charge on any atom is 0.122 e. The third-order valence-corrected chi connectivity index (χ3v) is 5.16. The highest BCUT2D eigenvalue weighted by atomic mass is 16.5. The van der Waals surface area contributed by atoms with Gasteiger partial charge in [0.2, 0.25) is 0 Å². The molecule has 1 fully saturated rings. The number of ether oxygens (including phenoxy) is 1. The van der Waals surface area contributed by atoms with Gasteiger partial charge in [-0.15, -0.1) is 0 Å². The molecule has 0 spiro atoms. The molecule has 0 aromatic carbocycles. The second-order valence-electron chi connectivity index (χ2n) is 5.77. The summed E-state index contributed by atoms with van der Waals surface area (Å²) in [6, 6.07) is 0.518. The Morgan fingerprint density at radius 2 is 2.11 bits per heavy atom. The number of aromatic nitrogens is 2. The van der Waals surface area contributed by atoms with Gasteiger partial charge in [-0.05, 0) is 18.8 Å². The maximum atomic E-state index is 5.73. The summed E-state index contributed by atoms with van der Waals surface area (Å²) in [6.45, 7) is 7.66. The van der Waals surface area contributed by atoms with Crippen molar-refractivity contribution in [3.05, 3.63) is 18.2 Å². The minimum atomic E-state index is 0.277. The first-order valence-electron chi connectivity index (χ1n) is 7.33. The highest BCUT2D eigenvalue weighted by molar-refractivity contribution is 5.11. The molecular formula is C15H27N3O. The molecule has 4 heteroatoms. The van der Waals surface area contributed by atoms with E-state index in [-0.39, 0.29) is 5.41 Å². The van der Waals surface area contributed by atoms with Crippen molar-refractivity contribution < 1.29 is 4.74 Å². The van der Waals surface area contributed by atoms with Crippen LogP contribution in [-0.2, 0) is 18.3 Å². The van der Waals surface area contributed by atoms with E-state index >= 15 is 0 Å². The molecule has 1 saturated carbocycles. The van der Waals surface area contributed by atoms with Gasteiger partial charge in [-0.3, -0.25) is 0 Å². The summed E-state index contributed by atoms with van der Waals surface area (Å²) in [5.41, 5.74) is 0.277. The normalized spacial score (nSPS) is 29.2. The molecule has 1 N–H and O–H groups in total. The maximum absolute atomic E-state index is 5.73. The molecule has 0 unspecified atom stereocenters. The highest BCUT2D eigenvalue weighted by Gasteiger charge is 2.57. The van der Waals surface area contributed by atoms with Crippen LogP contribution in [0.3, 0.4) is 0 Å². The van der Waals surface area contributed by atoms with Crippen LogP contribution in [0, 0.1) is 11.3 Å². The van der Waals surface area contributed by atoms with Crippen molar-refractivity contribution in [2.24, 2.45) is 18.4 Å². The lowest BCUT2D eigenvalue weighted by Gasteiger charge is -2.60. The van der Waals surface area contributed by atoms with E-state index in [1.54, 1.807) is 0 Å². The molecule has 4 nitrogen and oxygen atoms in total. The fourth-order valence-corrected chi connectivity index (χ4v) is 3.98. The number of hydrogen-bond acceptors (Lipinski definition) is 3. The zero-order chi connectivity index (χ0) is 14.0. The molecule has 0 amide bonds. The van der Waals surface area contributed by atoms with Gasteiger partial charge in [0.05, 0.1) is 12.6 Å². The predicted octanol–water partition coefficient (Wildman–Crippen LogP) is 2.35. The molecule has 0 bridgehead atoms.